The molecule has 0 bridgehead atoms. The molecule has 8 saturated heterocycles. The monoisotopic (exact) mass is 1410 g/mol. The summed E-state index contributed by atoms with van der Waals surface area (Å²) in [6.45, 7) is -7.41. The maximum Gasteiger partial charge on any atom is 0.192 e. The molecule has 8 heterocycles. The molecule has 44 nitrogen and oxygen atoms in total. The molecule has 0 aromatic heterocycles. The van der Waals surface area contributed by atoms with Crippen molar-refractivity contribution in [3.8, 4) is 0 Å². The van der Waals surface area contributed by atoms with Gasteiger partial charge in [0, 0.05) is 18.1 Å². The van der Waals surface area contributed by atoms with Crippen molar-refractivity contribution in [1.29, 1.82) is 0 Å². The van der Waals surface area contributed by atoms with E-state index in [-0.39, 0.29) is 19.6 Å². The van der Waals surface area contributed by atoms with Crippen molar-refractivity contribution in [2.75, 3.05) is 59.4 Å². The predicted molar refractivity (Wildman–Crippen MR) is 291 cm³/mol. The number of unbranched alkanes of at least 4 members (excludes halogenated alkanes) is 2. The first kappa shape index (κ1) is 79.4. The quantitative estimate of drug-likeness (QED) is 0.0150. The van der Waals surface area contributed by atoms with Gasteiger partial charge >= 0.3 is 0 Å². The Bertz CT molecular complexity index is 2370. The lowest BCUT2D eigenvalue weighted by Gasteiger charge is -2.50. The van der Waals surface area contributed by atoms with Crippen molar-refractivity contribution in [3.05, 3.63) is 10.4 Å². The Labute approximate surface area is 542 Å². The fraction of sp³-hybridized carbons (Fsp3) is 1.00. The summed E-state index contributed by atoms with van der Waals surface area (Å²) >= 11 is 0. The molecule has 0 saturated carbocycles. The minimum atomic E-state index is -2.42. The van der Waals surface area contributed by atoms with E-state index >= 15 is 0 Å². The van der Waals surface area contributed by atoms with Gasteiger partial charge in [0.15, 0.2) is 56.6 Å². The SMILES string of the molecule is [N-]=[N+]=NCCCCCOC1OC(COC2OC(OC3OC(CO)C(O)C(O)C3OC3OC(CO)C(O)C(O)C3O)C(O)C(OC3OC(CO)C(O)C(O)C3O)C2O)C(O)C(OC2OC(CO)C(O)C(O)C2OC2OC(CO)C(O)C(O)C2OC2OC(CO)C(O)C(O)C2O)C1O. The highest BCUT2D eigenvalue weighted by molar-refractivity contribution is 5.01. The van der Waals surface area contributed by atoms with Gasteiger partial charge < -0.3 is 203 Å². The van der Waals surface area contributed by atoms with Crippen molar-refractivity contribution < 1.29 is 203 Å². The summed E-state index contributed by atoms with van der Waals surface area (Å²) in [6, 6.07) is 0. The number of hydrogen-bond donors (Lipinski definition) is 25. The standard InChI is InChI=1S/C52H89N3O41/c53-55-54-4-2-1-3-5-81-44-36(78)39(91-50-42(31(73)24(66)16(9-59)86-50)94-51-41(30(72)23(65)17(10-60)87-51)92-47-34(76)28(70)21(63)14(7-57)84-47)26(68)19(89-44)12-82-45-37(79)40(90-46-33(75)27(69)20(62)13(6-56)83-46)38(80)49(95-45)96-52-43(32(74)25(67)18(11-61)88-52)93-48-35(77)29(71)22(64)15(8-58)85-48/h13-52,56-80H,1-12H2. The third-order valence-corrected chi connectivity index (χ3v) is 17.6. The molecule has 8 fully saturated rings. The summed E-state index contributed by atoms with van der Waals surface area (Å²) in [6.07, 6.45) is -82.6. The topological polar surface area (TPSA) is 702 Å². The first-order valence-corrected chi connectivity index (χ1v) is 30.7. The Kier molecular flexibility index (Phi) is 29.5. The summed E-state index contributed by atoms with van der Waals surface area (Å²) in [5.74, 6) is 0. The molecule has 8 aliphatic heterocycles. The maximum absolute atomic E-state index is 12.2. The summed E-state index contributed by atoms with van der Waals surface area (Å²) in [5, 5.41) is 275. The molecule has 0 amide bonds. The maximum atomic E-state index is 12.2. The molecule has 0 spiro atoms. The van der Waals surface area contributed by atoms with Crippen molar-refractivity contribution in [3.63, 3.8) is 0 Å². The molecule has 0 aliphatic carbocycles. The van der Waals surface area contributed by atoms with E-state index in [1.807, 2.05) is 0 Å². The largest absolute Gasteiger partial charge is 0.394 e. The molecule has 0 radical (unpaired) electrons. The minimum Gasteiger partial charge on any atom is -0.394 e. The summed E-state index contributed by atoms with van der Waals surface area (Å²) in [7, 11) is 0. The average molecular weight is 1410 g/mol. The van der Waals surface area contributed by atoms with Crippen LogP contribution in [-0.2, 0) is 75.8 Å². The first-order valence-electron chi connectivity index (χ1n) is 30.7. The minimum absolute atomic E-state index is 0.0815. The molecule has 0 aromatic carbocycles. The van der Waals surface area contributed by atoms with E-state index in [1.54, 1.807) is 0 Å². The molecule has 44 heteroatoms. The van der Waals surface area contributed by atoms with Crippen molar-refractivity contribution in [2.24, 2.45) is 5.11 Å². The van der Waals surface area contributed by atoms with Crippen LogP contribution < -0.4 is 0 Å². The average Bonchev–Trinajstić information content (AvgIpc) is 0.781. The van der Waals surface area contributed by atoms with Gasteiger partial charge in [-0.2, -0.15) is 0 Å². The van der Waals surface area contributed by atoms with E-state index in [0.717, 1.165) is 0 Å². The zero-order valence-corrected chi connectivity index (χ0v) is 50.6. The number of hydrogen-bond acceptors (Lipinski definition) is 42. The van der Waals surface area contributed by atoms with Crippen LogP contribution >= 0.6 is 0 Å². The number of aliphatic hydroxyl groups excluding tert-OH is 25. The molecule has 8 aliphatic rings. The van der Waals surface area contributed by atoms with Crippen LogP contribution in [-0.4, -0.2) is 433 Å². The second-order valence-corrected chi connectivity index (χ2v) is 23.9. The van der Waals surface area contributed by atoms with E-state index in [0.29, 0.717) is 12.8 Å². The van der Waals surface area contributed by atoms with E-state index in [9.17, 15) is 128 Å². The highest BCUT2D eigenvalue weighted by Crippen LogP contribution is 2.39. The van der Waals surface area contributed by atoms with Gasteiger partial charge in [0.1, 0.15) is 189 Å². The lowest BCUT2D eigenvalue weighted by Crippen LogP contribution is -2.68. The molecule has 558 valence electrons. The third kappa shape index (κ3) is 17.5. The Morgan fingerprint density at radius 2 is 0.552 bits per heavy atom. The zero-order valence-electron chi connectivity index (χ0n) is 50.6. The van der Waals surface area contributed by atoms with Gasteiger partial charge in [-0.15, -0.1) is 0 Å². The molecular formula is C52H89N3O41. The molecule has 40 unspecified atom stereocenters. The van der Waals surface area contributed by atoms with Crippen LogP contribution in [0, 0.1) is 0 Å². The van der Waals surface area contributed by atoms with Crippen LogP contribution in [0.1, 0.15) is 19.3 Å². The van der Waals surface area contributed by atoms with Crippen LogP contribution in [0.25, 0.3) is 10.4 Å². The first-order chi connectivity index (χ1) is 45.7. The fourth-order valence-electron chi connectivity index (χ4n) is 11.8. The van der Waals surface area contributed by atoms with Gasteiger partial charge in [-0.05, 0) is 18.4 Å². The van der Waals surface area contributed by atoms with Crippen LogP contribution in [0.2, 0.25) is 0 Å². The lowest BCUT2D eigenvalue weighted by atomic mass is 9.95. The molecule has 0 aromatic rings. The summed E-state index contributed by atoms with van der Waals surface area (Å²) in [4.78, 5) is 2.68. The molecular weight excluding hydrogens is 1320 g/mol. The van der Waals surface area contributed by atoms with Crippen LogP contribution in [0.15, 0.2) is 5.11 Å². The van der Waals surface area contributed by atoms with Gasteiger partial charge in [-0.1, -0.05) is 11.5 Å². The van der Waals surface area contributed by atoms with Gasteiger partial charge in [-0.25, -0.2) is 0 Å². The number of azide groups is 1. The Morgan fingerprint density at radius 1 is 0.260 bits per heavy atom. The van der Waals surface area contributed by atoms with Gasteiger partial charge in [0.2, 0.25) is 0 Å². The van der Waals surface area contributed by atoms with Gasteiger partial charge in [-0.3, -0.25) is 0 Å². The summed E-state index contributed by atoms with van der Waals surface area (Å²) < 4.78 is 92.6. The van der Waals surface area contributed by atoms with E-state index < -0.39 is 292 Å². The normalized spacial score (nSPS) is 50.4. The van der Waals surface area contributed by atoms with Crippen LogP contribution in [0.3, 0.4) is 0 Å². The molecule has 96 heavy (non-hydrogen) atoms. The van der Waals surface area contributed by atoms with Gasteiger partial charge in [0.05, 0.1) is 46.2 Å². The third-order valence-electron chi connectivity index (χ3n) is 17.6. The van der Waals surface area contributed by atoms with E-state index in [1.165, 1.54) is 0 Å². The molecule has 8 rings (SSSR count). The van der Waals surface area contributed by atoms with E-state index in [4.69, 9.17) is 81.3 Å². The van der Waals surface area contributed by atoms with Gasteiger partial charge in [0.25, 0.3) is 0 Å². The van der Waals surface area contributed by atoms with Crippen LogP contribution in [0.4, 0.5) is 0 Å². The smallest absolute Gasteiger partial charge is 0.192 e. The second kappa shape index (κ2) is 35.7. The van der Waals surface area contributed by atoms with Crippen molar-refractivity contribution in [2.45, 2.75) is 265 Å². The van der Waals surface area contributed by atoms with E-state index in [2.05, 4.69) is 10.0 Å². The zero-order chi connectivity index (χ0) is 70.3. The molecule has 25 N–H and O–H groups in total. The Hall–Kier alpha value is -2.33. The fourth-order valence-corrected chi connectivity index (χ4v) is 11.8. The number of rotatable bonds is 28. The Morgan fingerprint density at radius 3 is 0.938 bits per heavy atom. The lowest BCUT2D eigenvalue weighted by molar-refractivity contribution is -0.426. The van der Waals surface area contributed by atoms with Crippen molar-refractivity contribution in [1.82, 2.24) is 0 Å². The predicted octanol–water partition coefficient (Wildman–Crippen LogP) is -16.0. The summed E-state index contributed by atoms with van der Waals surface area (Å²) in [5.41, 5.74) is 8.72. The second-order valence-electron chi connectivity index (χ2n) is 23.9. The number of nitrogens with zero attached hydrogens (tertiary/aromatic N) is 3. The highest BCUT2D eigenvalue weighted by atomic mass is 16.8. The van der Waals surface area contributed by atoms with Crippen molar-refractivity contribution >= 4 is 0 Å². The van der Waals surface area contributed by atoms with Crippen LogP contribution in [0.5, 0.6) is 0 Å². The number of aliphatic hydroxyl groups is 25. The highest BCUT2D eigenvalue weighted by Gasteiger charge is 2.60. The Balaban J connectivity index is 1.09. The molecule has 40 atom stereocenters. The number of ether oxygens (including phenoxy) is 16.